The van der Waals surface area contributed by atoms with Crippen molar-refractivity contribution in [2.75, 3.05) is 6.54 Å². The molecule has 0 aromatic carbocycles. The van der Waals surface area contributed by atoms with Crippen molar-refractivity contribution >= 4 is 11.8 Å². The molecule has 102 valence electrons. The summed E-state index contributed by atoms with van der Waals surface area (Å²) >= 11 is 0. The lowest BCUT2D eigenvalue weighted by atomic mass is 9.86. The Balaban J connectivity index is 2.18. The predicted octanol–water partition coefficient (Wildman–Crippen LogP) is 1.69. The van der Waals surface area contributed by atoms with Gasteiger partial charge >= 0.3 is 0 Å². The first kappa shape index (κ1) is 13.4. The van der Waals surface area contributed by atoms with Crippen LogP contribution in [0, 0.1) is 5.41 Å². The number of amides is 2. The van der Waals surface area contributed by atoms with Gasteiger partial charge in [-0.25, -0.2) is 0 Å². The molecular weight excluding hydrogens is 228 g/mol. The van der Waals surface area contributed by atoms with Gasteiger partial charge in [0, 0.05) is 6.54 Å². The fourth-order valence-electron chi connectivity index (χ4n) is 3.15. The van der Waals surface area contributed by atoms with E-state index in [9.17, 15) is 9.59 Å². The molecule has 0 aromatic rings. The average Bonchev–Trinajstić information content (AvgIpc) is 2.69. The summed E-state index contributed by atoms with van der Waals surface area (Å²) in [4.78, 5) is 26.2. The Hall–Kier alpha value is -1.06. The third-order valence-corrected chi connectivity index (χ3v) is 4.44. The highest BCUT2D eigenvalue weighted by Gasteiger charge is 2.45. The van der Waals surface area contributed by atoms with Gasteiger partial charge < -0.3 is 10.2 Å². The molecule has 1 heterocycles. The Morgan fingerprint density at radius 2 is 1.78 bits per heavy atom. The molecule has 2 rings (SSSR count). The zero-order valence-corrected chi connectivity index (χ0v) is 11.9. The second kappa shape index (κ2) is 4.25. The zero-order chi connectivity index (χ0) is 13.6. The first-order chi connectivity index (χ1) is 8.25. The summed E-state index contributed by atoms with van der Waals surface area (Å²) in [5, 5.41) is 2.79. The predicted molar refractivity (Wildman–Crippen MR) is 70.0 cm³/mol. The number of rotatable bonds is 2. The van der Waals surface area contributed by atoms with Crippen LogP contribution >= 0.6 is 0 Å². The number of hydrogen-bond acceptors (Lipinski definition) is 2. The van der Waals surface area contributed by atoms with Crippen molar-refractivity contribution in [3.05, 3.63) is 0 Å². The maximum Gasteiger partial charge on any atom is 0.248 e. The molecular formula is C14H24N2O2. The van der Waals surface area contributed by atoms with Crippen LogP contribution in [0.3, 0.4) is 0 Å². The average molecular weight is 252 g/mol. The van der Waals surface area contributed by atoms with E-state index in [1.165, 1.54) is 12.8 Å². The van der Waals surface area contributed by atoms with Gasteiger partial charge in [0.05, 0.1) is 0 Å². The van der Waals surface area contributed by atoms with Gasteiger partial charge in [0.1, 0.15) is 11.6 Å². The van der Waals surface area contributed by atoms with Crippen LogP contribution in [0.25, 0.3) is 0 Å². The fraction of sp³-hybridized carbons (Fsp3) is 0.857. The van der Waals surface area contributed by atoms with E-state index < -0.39 is 5.54 Å². The minimum atomic E-state index is -0.765. The molecule has 18 heavy (non-hydrogen) atoms. The highest BCUT2D eigenvalue weighted by atomic mass is 16.2. The van der Waals surface area contributed by atoms with Gasteiger partial charge in [-0.3, -0.25) is 9.59 Å². The van der Waals surface area contributed by atoms with Crippen LogP contribution in [0.4, 0.5) is 0 Å². The fourth-order valence-corrected chi connectivity index (χ4v) is 3.15. The van der Waals surface area contributed by atoms with Crippen molar-refractivity contribution in [3.63, 3.8) is 0 Å². The number of nitrogens with zero attached hydrogens (tertiary/aromatic N) is 1. The maximum atomic E-state index is 12.4. The lowest BCUT2D eigenvalue weighted by Crippen LogP contribution is -2.68. The summed E-state index contributed by atoms with van der Waals surface area (Å²) < 4.78 is 0. The van der Waals surface area contributed by atoms with Crippen LogP contribution in [0.2, 0.25) is 0 Å². The summed E-state index contributed by atoms with van der Waals surface area (Å²) in [6, 6.07) is -0.344. The molecule has 0 radical (unpaired) electrons. The highest BCUT2D eigenvalue weighted by molar-refractivity contribution is 5.99. The molecule has 1 N–H and O–H groups in total. The molecule has 2 aliphatic rings. The van der Waals surface area contributed by atoms with Gasteiger partial charge in [-0.05, 0) is 39.0 Å². The number of nitrogens with one attached hydrogen (secondary N) is 1. The van der Waals surface area contributed by atoms with Gasteiger partial charge in [0.2, 0.25) is 11.8 Å². The zero-order valence-electron chi connectivity index (χ0n) is 11.9. The van der Waals surface area contributed by atoms with E-state index in [-0.39, 0.29) is 23.3 Å². The smallest absolute Gasteiger partial charge is 0.248 e. The Bertz CT molecular complexity index is 370. The third kappa shape index (κ3) is 2.25. The lowest BCUT2D eigenvalue weighted by Gasteiger charge is -2.44. The van der Waals surface area contributed by atoms with Crippen molar-refractivity contribution in [2.24, 2.45) is 5.41 Å². The molecule has 0 aromatic heterocycles. The number of hydrogen-bond donors (Lipinski definition) is 1. The number of carbonyl (C=O) groups is 2. The van der Waals surface area contributed by atoms with Crippen molar-refractivity contribution in [1.29, 1.82) is 0 Å². The Morgan fingerprint density at radius 3 is 2.33 bits per heavy atom. The van der Waals surface area contributed by atoms with Crippen LogP contribution in [0.1, 0.15) is 53.4 Å². The molecule has 1 saturated heterocycles. The topological polar surface area (TPSA) is 49.4 Å². The van der Waals surface area contributed by atoms with Gasteiger partial charge in [0.15, 0.2) is 0 Å². The van der Waals surface area contributed by atoms with E-state index in [1.54, 1.807) is 18.7 Å². The second-order valence-electron chi connectivity index (χ2n) is 6.74. The van der Waals surface area contributed by atoms with Crippen molar-refractivity contribution < 1.29 is 9.59 Å². The van der Waals surface area contributed by atoms with E-state index in [1.807, 2.05) is 6.92 Å². The molecule has 2 fully saturated rings. The monoisotopic (exact) mass is 252 g/mol. The Morgan fingerprint density at radius 1 is 1.22 bits per heavy atom. The van der Waals surface area contributed by atoms with E-state index in [0.717, 1.165) is 12.8 Å². The van der Waals surface area contributed by atoms with Crippen molar-refractivity contribution in [1.82, 2.24) is 10.2 Å². The van der Waals surface area contributed by atoms with Gasteiger partial charge in [-0.15, -0.1) is 0 Å². The maximum absolute atomic E-state index is 12.4. The van der Waals surface area contributed by atoms with Crippen molar-refractivity contribution in [3.8, 4) is 0 Å². The lowest BCUT2D eigenvalue weighted by molar-refractivity contribution is -0.154. The van der Waals surface area contributed by atoms with Crippen LogP contribution < -0.4 is 5.32 Å². The largest absolute Gasteiger partial charge is 0.340 e. The standard InChI is InChI=1S/C14H24N2O2/c1-10-11(17)15-13(2,3)12(18)16(10)9-14(4)7-5-6-8-14/h10H,5-9H2,1-4H3,(H,15,17). The second-order valence-corrected chi connectivity index (χ2v) is 6.74. The van der Waals surface area contributed by atoms with E-state index in [0.29, 0.717) is 6.54 Å². The summed E-state index contributed by atoms with van der Waals surface area (Å²) in [6.07, 6.45) is 4.79. The highest BCUT2D eigenvalue weighted by Crippen LogP contribution is 2.39. The van der Waals surface area contributed by atoms with Crippen LogP contribution in [0.5, 0.6) is 0 Å². The Labute approximate surface area is 109 Å². The first-order valence-corrected chi connectivity index (χ1v) is 6.88. The van der Waals surface area contributed by atoms with E-state index in [4.69, 9.17) is 0 Å². The molecule has 0 spiro atoms. The van der Waals surface area contributed by atoms with Crippen LogP contribution in [-0.2, 0) is 9.59 Å². The Kier molecular flexibility index (Phi) is 3.16. The quantitative estimate of drug-likeness (QED) is 0.813. The molecule has 1 saturated carbocycles. The van der Waals surface area contributed by atoms with E-state index in [2.05, 4.69) is 12.2 Å². The molecule has 4 nitrogen and oxygen atoms in total. The van der Waals surface area contributed by atoms with Crippen LogP contribution in [-0.4, -0.2) is 34.8 Å². The van der Waals surface area contributed by atoms with E-state index >= 15 is 0 Å². The molecule has 1 aliphatic carbocycles. The summed E-state index contributed by atoms with van der Waals surface area (Å²) in [5.41, 5.74) is -0.573. The van der Waals surface area contributed by atoms with Gasteiger partial charge in [-0.2, -0.15) is 0 Å². The summed E-state index contributed by atoms with van der Waals surface area (Å²) in [7, 11) is 0. The summed E-state index contributed by atoms with van der Waals surface area (Å²) in [5.74, 6) is 0.00363. The minimum absolute atomic E-state index is 0.0406. The minimum Gasteiger partial charge on any atom is -0.340 e. The van der Waals surface area contributed by atoms with Gasteiger partial charge in [0.25, 0.3) is 0 Å². The summed E-state index contributed by atoms with van der Waals surface area (Å²) in [6.45, 7) is 8.33. The molecule has 4 heteroatoms. The number of carbonyl (C=O) groups excluding carboxylic acids is 2. The number of piperazine rings is 1. The molecule has 0 bridgehead atoms. The molecule has 1 unspecified atom stereocenters. The normalized spacial score (nSPS) is 30.4. The third-order valence-electron chi connectivity index (χ3n) is 4.44. The first-order valence-electron chi connectivity index (χ1n) is 6.88. The van der Waals surface area contributed by atoms with Crippen molar-refractivity contribution in [2.45, 2.75) is 65.0 Å². The SMILES string of the molecule is CC1C(=O)NC(C)(C)C(=O)N1CC1(C)CCCC1. The molecule has 2 amide bonds. The molecule has 1 aliphatic heterocycles. The van der Waals surface area contributed by atoms with Gasteiger partial charge in [-0.1, -0.05) is 19.8 Å². The van der Waals surface area contributed by atoms with Crippen LogP contribution in [0.15, 0.2) is 0 Å². The molecule has 1 atom stereocenters.